The lowest BCUT2D eigenvalue weighted by Gasteiger charge is -2.30. The molecule has 0 unspecified atom stereocenters. The van der Waals surface area contributed by atoms with Crippen LogP contribution in [0, 0.1) is 5.41 Å². The van der Waals surface area contributed by atoms with Gasteiger partial charge in [-0.15, -0.1) is 0 Å². The lowest BCUT2D eigenvalue weighted by molar-refractivity contribution is -0.143. The second-order valence-corrected chi connectivity index (χ2v) is 7.62. The zero-order chi connectivity index (χ0) is 18.4. The van der Waals surface area contributed by atoms with E-state index in [0.717, 1.165) is 19.4 Å². The maximum absolute atomic E-state index is 12.7. The van der Waals surface area contributed by atoms with Crippen molar-refractivity contribution in [3.63, 3.8) is 0 Å². The van der Waals surface area contributed by atoms with Gasteiger partial charge < -0.3 is 19.5 Å². The lowest BCUT2D eigenvalue weighted by Crippen LogP contribution is -2.43. The number of aromatic nitrogens is 2. The molecule has 136 valence electrons. The Bertz CT molecular complexity index is 772. The zero-order valence-corrected chi connectivity index (χ0v) is 15.1. The number of ether oxygens (including phenoxy) is 1. The highest BCUT2D eigenvalue weighted by molar-refractivity contribution is 5.96. The standard InChI is InChI=1S/C17H24N4O4/c1-17(2,3)16(24)25-12-11-15(23)20(4)8-9-21(11)13(19-14(12)22)10-6-5-7-18-10/h10,18H,5-9H2,1-4H3/t10-/m0/s1. The number of carbonyl (C=O) groups is 2. The van der Waals surface area contributed by atoms with Crippen molar-refractivity contribution in [3.05, 3.63) is 21.9 Å². The molecule has 0 radical (unpaired) electrons. The summed E-state index contributed by atoms with van der Waals surface area (Å²) in [5.41, 5.74) is -1.34. The van der Waals surface area contributed by atoms with Gasteiger partial charge in [-0.1, -0.05) is 0 Å². The van der Waals surface area contributed by atoms with Gasteiger partial charge in [-0.25, -0.2) is 0 Å². The molecule has 0 aromatic carbocycles. The minimum Gasteiger partial charge on any atom is -0.418 e. The highest BCUT2D eigenvalue weighted by Crippen LogP contribution is 2.28. The van der Waals surface area contributed by atoms with Gasteiger partial charge in [0, 0.05) is 20.1 Å². The summed E-state index contributed by atoms with van der Waals surface area (Å²) in [6, 6.07) is -0.0602. The number of fused-ring (bicyclic) bond motifs is 1. The first-order valence-corrected chi connectivity index (χ1v) is 8.56. The van der Waals surface area contributed by atoms with Gasteiger partial charge in [0.1, 0.15) is 5.82 Å². The molecule has 3 rings (SSSR count). The fourth-order valence-corrected chi connectivity index (χ4v) is 3.03. The minimum atomic E-state index is -0.792. The van der Waals surface area contributed by atoms with Crippen LogP contribution >= 0.6 is 0 Å². The van der Waals surface area contributed by atoms with Crippen molar-refractivity contribution in [2.24, 2.45) is 5.41 Å². The zero-order valence-electron chi connectivity index (χ0n) is 15.1. The van der Waals surface area contributed by atoms with Gasteiger partial charge in [-0.05, 0) is 40.2 Å². The molecule has 1 aromatic rings. The molecule has 1 N–H and O–H groups in total. The van der Waals surface area contributed by atoms with Crippen molar-refractivity contribution in [2.45, 2.75) is 46.2 Å². The molecule has 1 fully saturated rings. The van der Waals surface area contributed by atoms with E-state index in [-0.39, 0.29) is 23.4 Å². The number of hydrogen-bond acceptors (Lipinski definition) is 6. The molecular weight excluding hydrogens is 324 g/mol. The highest BCUT2D eigenvalue weighted by atomic mass is 16.5. The molecule has 0 aliphatic carbocycles. The smallest absolute Gasteiger partial charge is 0.316 e. The van der Waals surface area contributed by atoms with Crippen LogP contribution in [0.25, 0.3) is 0 Å². The van der Waals surface area contributed by atoms with Gasteiger partial charge in [0.2, 0.25) is 5.75 Å². The van der Waals surface area contributed by atoms with Crippen LogP contribution in [-0.2, 0) is 11.3 Å². The molecule has 0 saturated carbocycles. The van der Waals surface area contributed by atoms with E-state index in [9.17, 15) is 14.4 Å². The summed E-state index contributed by atoms with van der Waals surface area (Å²) >= 11 is 0. The summed E-state index contributed by atoms with van der Waals surface area (Å²) < 4.78 is 7.08. The van der Waals surface area contributed by atoms with Crippen LogP contribution in [0.2, 0.25) is 0 Å². The third kappa shape index (κ3) is 3.18. The Hall–Kier alpha value is -2.22. The fourth-order valence-electron chi connectivity index (χ4n) is 3.03. The Balaban J connectivity index is 2.14. The summed E-state index contributed by atoms with van der Waals surface area (Å²) in [4.78, 5) is 43.2. The maximum Gasteiger partial charge on any atom is 0.316 e. The van der Waals surface area contributed by atoms with Crippen LogP contribution < -0.4 is 15.6 Å². The van der Waals surface area contributed by atoms with Gasteiger partial charge in [-0.2, -0.15) is 4.98 Å². The van der Waals surface area contributed by atoms with Gasteiger partial charge in [0.05, 0.1) is 11.5 Å². The molecule has 25 heavy (non-hydrogen) atoms. The third-order valence-electron chi connectivity index (χ3n) is 4.56. The van der Waals surface area contributed by atoms with E-state index < -0.39 is 16.9 Å². The van der Waals surface area contributed by atoms with Gasteiger partial charge in [0.25, 0.3) is 5.91 Å². The molecule has 0 spiro atoms. The number of esters is 1. The normalized spacial score (nSPS) is 20.6. The van der Waals surface area contributed by atoms with Gasteiger partial charge in [-0.3, -0.25) is 14.4 Å². The largest absolute Gasteiger partial charge is 0.418 e. The summed E-state index contributed by atoms with van der Waals surface area (Å²) in [5.74, 6) is -0.614. The summed E-state index contributed by atoms with van der Waals surface area (Å²) in [6.07, 6.45) is 1.85. The van der Waals surface area contributed by atoms with Crippen LogP contribution in [0.1, 0.15) is 56.0 Å². The number of likely N-dealkylation sites (N-methyl/N-ethyl adjacent to an activating group) is 1. The van der Waals surface area contributed by atoms with Crippen molar-refractivity contribution in [1.82, 2.24) is 19.8 Å². The Labute approximate surface area is 146 Å². The maximum atomic E-state index is 12.7. The van der Waals surface area contributed by atoms with Crippen LogP contribution in [-0.4, -0.2) is 46.5 Å². The van der Waals surface area contributed by atoms with E-state index in [0.29, 0.717) is 18.9 Å². The SMILES string of the molecule is CN1CCn2c([C@@H]3CCCN3)nc(=O)c(OC(=O)C(C)(C)C)c2C1=O. The van der Waals surface area contributed by atoms with Crippen LogP contribution in [0.5, 0.6) is 5.75 Å². The first-order chi connectivity index (χ1) is 11.7. The molecule has 3 heterocycles. The molecule has 1 amide bonds. The van der Waals surface area contributed by atoms with Crippen molar-refractivity contribution in [1.29, 1.82) is 0 Å². The van der Waals surface area contributed by atoms with Crippen molar-refractivity contribution in [3.8, 4) is 5.75 Å². The Kier molecular flexibility index (Phi) is 4.40. The second kappa shape index (κ2) is 6.25. The number of nitrogens with zero attached hydrogens (tertiary/aromatic N) is 3. The van der Waals surface area contributed by atoms with E-state index in [1.807, 2.05) is 0 Å². The van der Waals surface area contributed by atoms with Crippen LogP contribution in [0.15, 0.2) is 4.79 Å². The van der Waals surface area contributed by atoms with Gasteiger partial charge >= 0.3 is 11.5 Å². The molecule has 2 aliphatic heterocycles. The lowest BCUT2D eigenvalue weighted by atomic mass is 9.97. The third-order valence-corrected chi connectivity index (χ3v) is 4.56. The number of carbonyl (C=O) groups excluding carboxylic acids is 2. The minimum absolute atomic E-state index is 0.0602. The molecular formula is C17H24N4O4. The van der Waals surface area contributed by atoms with Gasteiger partial charge in [0.15, 0.2) is 5.69 Å². The second-order valence-electron chi connectivity index (χ2n) is 7.62. The Morgan fingerprint density at radius 1 is 1.28 bits per heavy atom. The predicted molar refractivity (Wildman–Crippen MR) is 90.5 cm³/mol. The average molecular weight is 348 g/mol. The number of amides is 1. The van der Waals surface area contributed by atoms with E-state index in [4.69, 9.17) is 4.74 Å². The quantitative estimate of drug-likeness (QED) is 0.791. The number of nitrogens with one attached hydrogen (secondary N) is 1. The van der Waals surface area contributed by atoms with Crippen molar-refractivity contribution >= 4 is 11.9 Å². The summed E-state index contributed by atoms with van der Waals surface area (Å²) in [5, 5.41) is 3.31. The molecule has 2 aliphatic rings. The molecule has 1 saturated heterocycles. The molecule has 0 bridgehead atoms. The van der Waals surface area contributed by atoms with E-state index >= 15 is 0 Å². The van der Waals surface area contributed by atoms with Crippen LogP contribution in [0.4, 0.5) is 0 Å². The summed E-state index contributed by atoms with van der Waals surface area (Å²) in [6.45, 7) is 6.96. The number of hydrogen-bond donors (Lipinski definition) is 1. The first kappa shape index (κ1) is 17.6. The highest BCUT2D eigenvalue weighted by Gasteiger charge is 2.35. The fraction of sp³-hybridized carbons (Fsp3) is 0.647. The van der Waals surface area contributed by atoms with E-state index in [2.05, 4.69) is 10.3 Å². The Morgan fingerprint density at radius 2 is 2.00 bits per heavy atom. The van der Waals surface area contributed by atoms with Crippen LogP contribution in [0.3, 0.4) is 0 Å². The predicted octanol–water partition coefficient (Wildman–Crippen LogP) is 0.705. The Morgan fingerprint density at radius 3 is 2.60 bits per heavy atom. The van der Waals surface area contributed by atoms with Crippen molar-refractivity contribution < 1.29 is 14.3 Å². The van der Waals surface area contributed by atoms with Crippen molar-refractivity contribution in [2.75, 3.05) is 20.1 Å². The molecule has 8 nitrogen and oxygen atoms in total. The number of rotatable bonds is 2. The van der Waals surface area contributed by atoms with E-state index in [1.54, 1.807) is 32.4 Å². The first-order valence-electron chi connectivity index (χ1n) is 8.56. The molecule has 8 heteroatoms. The molecule has 1 atom stereocenters. The molecule has 1 aromatic heterocycles. The topological polar surface area (TPSA) is 93.5 Å². The summed E-state index contributed by atoms with van der Waals surface area (Å²) in [7, 11) is 1.67. The average Bonchev–Trinajstić information content (AvgIpc) is 3.06. The van der Waals surface area contributed by atoms with E-state index in [1.165, 1.54) is 4.90 Å². The monoisotopic (exact) mass is 348 g/mol.